The van der Waals surface area contributed by atoms with Crippen LogP contribution in [0, 0.1) is 5.92 Å². The molecule has 2 fully saturated rings. The molecular weight excluding hydrogens is 193 g/mol. The van der Waals surface area contributed by atoms with E-state index in [2.05, 4.69) is 5.32 Å². The summed E-state index contributed by atoms with van der Waals surface area (Å²) in [5.41, 5.74) is 0. The standard InChI is InChI=1S/C8H14FNO2S/c9-5-7-1-4-13(11,12)8(7)2-3-10-6-8/h7,10H,1-6H2/t7-,8+/m1/s1. The van der Waals surface area contributed by atoms with E-state index in [9.17, 15) is 12.8 Å². The van der Waals surface area contributed by atoms with Crippen molar-refractivity contribution in [1.82, 2.24) is 5.32 Å². The Labute approximate surface area is 77.6 Å². The lowest BCUT2D eigenvalue weighted by molar-refractivity contribution is 0.300. The molecule has 0 aromatic heterocycles. The maximum absolute atomic E-state index is 12.6. The molecule has 0 unspecified atom stereocenters. The van der Waals surface area contributed by atoms with Gasteiger partial charge in [0.05, 0.1) is 17.2 Å². The summed E-state index contributed by atoms with van der Waals surface area (Å²) in [7, 11) is -3.05. The van der Waals surface area contributed by atoms with E-state index < -0.39 is 21.3 Å². The number of nitrogens with one attached hydrogen (secondary N) is 1. The van der Waals surface area contributed by atoms with E-state index in [4.69, 9.17) is 0 Å². The van der Waals surface area contributed by atoms with Crippen molar-refractivity contribution in [2.75, 3.05) is 25.5 Å². The predicted molar refractivity (Wildman–Crippen MR) is 48.1 cm³/mol. The van der Waals surface area contributed by atoms with Gasteiger partial charge in [0.25, 0.3) is 0 Å². The first-order valence-electron chi connectivity index (χ1n) is 4.61. The van der Waals surface area contributed by atoms with Crippen LogP contribution in [0.1, 0.15) is 12.8 Å². The Morgan fingerprint density at radius 3 is 2.85 bits per heavy atom. The molecule has 2 heterocycles. The van der Waals surface area contributed by atoms with Crippen molar-refractivity contribution >= 4 is 9.84 Å². The number of sulfone groups is 1. The van der Waals surface area contributed by atoms with Gasteiger partial charge in [-0.3, -0.25) is 4.39 Å². The van der Waals surface area contributed by atoms with Crippen LogP contribution in [-0.2, 0) is 9.84 Å². The second-order valence-electron chi connectivity index (χ2n) is 3.95. The fraction of sp³-hybridized carbons (Fsp3) is 1.00. The molecule has 3 nitrogen and oxygen atoms in total. The number of alkyl halides is 1. The minimum atomic E-state index is -3.05. The molecule has 0 amide bonds. The Kier molecular flexibility index (Phi) is 2.11. The van der Waals surface area contributed by atoms with E-state index in [1.54, 1.807) is 0 Å². The highest BCUT2D eigenvalue weighted by molar-refractivity contribution is 7.93. The summed E-state index contributed by atoms with van der Waals surface area (Å²) < 4.78 is 35.4. The molecule has 2 aliphatic rings. The lowest BCUT2D eigenvalue weighted by atomic mass is 9.90. The SMILES string of the molecule is O=S1(=O)CC[C@H](CF)[C@@]12CCNC2. The molecular formula is C8H14FNO2S. The van der Waals surface area contributed by atoms with Crippen LogP contribution in [0.3, 0.4) is 0 Å². The second-order valence-corrected chi connectivity index (χ2v) is 6.40. The highest BCUT2D eigenvalue weighted by atomic mass is 32.2. The van der Waals surface area contributed by atoms with E-state index in [-0.39, 0.29) is 11.7 Å². The summed E-state index contributed by atoms with van der Waals surface area (Å²) in [6.07, 6.45) is 1.09. The first kappa shape index (κ1) is 9.40. The molecule has 2 rings (SSSR count). The van der Waals surface area contributed by atoms with Gasteiger partial charge in [0.2, 0.25) is 0 Å². The van der Waals surface area contributed by atoms with Crippen LogP contribution in [-0.4, -0.2) is 38.7 Å². The molecule has 0 saturated carbocycles. The molecule has 2 aliphatic heterocycles. The van der Waals surface area contributed by atoms with Crippen molar-refractivity contribution in [2.24, 2.45) is 5.92 Å². The Balaban J connectivity index is 2.39. The third-order valence-electron chi connectivity index (χ3n) is 3.43. The van der Waals surface area contributed by atoms with E-state index in [1.165, 1.54) is 0 Å². The molecule has 0 aliphatic carbocycles. The molecule has 13 heavy (non-hydrogen) atoms. The zero-order chi connectivity index (χ0) is 9.53. The summed E-state index contributed by atoms with van der Waals surface area (Å²) in [6, 6.07) is 0. The molecule has 2 saturated heterocycles. The van der Waals surface area contributed by atoms with Crippen molar-refractivity contribution in [3.8, 4) is 0 Å². The lowest BCUT2D eigenvalue weighted by Crippen LogP contribution is -2.43. The molecule has 76 valence electrons. The van der Waals surface area contributed by atoms with E-state index in [1.807, 2.05) is 0 Å². The molecule has 0 radical (unpaired) electrons. The quantitative estimate of drug-likeness (QED) is 0.664. The van der Waals surface area contributed by atoms with Gasteiger partial charge in [-0.1, -0.05) is 0 Å². The number of halogens is 1. The van der Waals surface area contributed by atoms with Crippen molar-refractivity contribution in [3.05, 3.63) is 0 Å². The Hall–Kier alpha value is -0.160. The molecule has 2 atom stereocenters. The number of rotatable bonds is 1. The van der Waals surface area contributed by atoms with Gasteiger partial charge in [-0.15, -0.1) is 0 Å². The highest BCUT2D eigenvalue weighted by Gasteiger charge is 2.55. The van der Waals surface area contributed by atoms with Gasteiger partial charge in [0, 0.05) is 12.5 Å². The van der Waals surface area contributed by atoms with Crippen LogP contribution in [0.15, 0.2) is 0 Å². The Morgan fingerprint density at radius 2 is 2.31 bits per heavy atom. The third-order valence-corrected chi connectivity index (χ3v) is 6.13. The van der Waals surface area contributed by atoms with Crippen molar-refractivity contribution in [1.29, 1.82) is 0 Å². The first-order valence-corrected chi connectivity index (χ1v) is 6.27. The van der Waals surface area contributed by atoms with Gasteiger partial charge in [-0.25, -0.2) is 8.42 Å². The largest absolute Gasteiger partial charge is 0.315 e. The maximum atomic E-state index is 12.6. The van der Waals surface area contributed by atoms with Crippen molar-refractivity contribution < 1.29 is 12.8 Å². The number of hydrogen-bond acceptors (Lipinski definition) is 3. The summed E-state index contributed by atoms with van der Waals surface area (Å²) in [6.45, 7) is 0.653. The fourth-order valence-electron chi connectivity index (χ4n) is 2.54. The molecule has 1 N–H and O–H groups in total. The smallest absolute Gasteiger partial charge is 0.157 e. The lowest BCUT2D eigenvalue weighted by Gasteiger charge is -2.26. The molecule has 5 heteroatoms. The van der Waals surface area contributed by atoms with E-state index in [0.29, 0.717) is 25.9 Å². The van der Waals surface area contributed by atoms with Gasteiger partial charge in [-0.2, -0.15) is 0 Å². The van der Waals surface area contributed by atoms with Gasteiger partial charge in [-0.05, 0) is 19.4 Å². The predicted octanol–water partition coefficient (Wildman–Crippen LogP) is 0.123. The van der Waals surface area contributed by atoms with Gasteiger partial charge < -0.3 is 5.32 Å². The summed E-state index contributed by atoms with van der Waals surface area (Å²) in [5.74, 6) is -0.101. The van der Waals surface area contributed by atoms with Crippen LogP contribution in [0.25, 0.3) is 0 Å². The average Bonchev–Trinajstić information content (AvgIpc) is 2.63. The topological polar surface area (TPSA) is 46.2 Å². The molecule has 0 bridgehead atoms. The van der Waals surface area contributed by atoms with Crippen LogP contribution >= 0.6 is 0 Å². The third kappa shape index (κ3) is 1.13. The Bertz CT molecular complexity index is 295. The highest BCUT2D eigenvalue weighted by Crippen LogP contribution is 2.42. The first-order chi connectivity index (χ1) is 6.12. The van der Waals surface area contributed by atoms with Crippen LogP contribution in [0.5, 0.6) is 0 Å². The van der Waals surface area contributed by atoms with E-state index >= 15 is 0 Å². The van der Waals surface area contributed by atoms with Crippen LogP contribution in [0.4, 0.5) is 4.39 Å². The molecule has 0 aromatic rings. The zero-order valence-corrected chi connectivity index (χ0v) is 8.24. The number of hydrogen-bond donors (Lipinski definition) is 1. The van der Waals surface area contributed by atoms with Crippen LogP contribution in [0.2, 0.25) is 0 Å². The van der Waals surface area contributed by atoms with Gasteiger partial charge >= 0.3 is 0 Å². The molecule has 1 spiro atoms. The summed E-state index contributed by atoms with van der Waals surface area (Å²) in [5, 5.41) is 3.03. The molecule has 0 aromatic carbocycles. The van der Waals surface area contributed by atoms with Crippen molar-refractivity contribution in [3.63, 3.8) is 0 Å². The zero-order valence-electron chi connectivity index (χ0n) is 7.42. The van der Waals surface area contributed by atoms with Crippen LogP contribution < -0.4 is 5.32 Å². The fourth-order valence-corrected chi connectivity index (χ4v) is 4.96. The Morgan fingerprint density at radius 1 is 1.54 bits per heavy atom. The minimum absolute atomic E-state index is 0.170. The monoisotopic (exact) mass is 207 g/mol. The van der Waals surface area contributed by atoms with Crippen molar-refractivity contribution in [2.45, 2.75) is 17.6 Å². The van der Waals surface area contributed by atoms with E-state index in [0.717, 1.165) is 0 Å². The van der Waals surface area contributed by atoms with Gasteiger partial charge in [0.1, 0.15) is 0 Å². The summed E-state index contributed by atoms with van der Waals surface area (Å²) >= 11 is 0. The minimum Gasteiger partial charge on any atom is -0.315 e. The average molecular weight is 207 g/mol. The summed E-state index contributed by atoms with van der Waals surface area (Å²) in [4.78, 5) is 0. The normalized spacial score (nSPS) is 43.0. The van der Waals surface area contributed by atoms with Gasteiger partial charge in [0.15, 0.2) is 9.84 Å². The second kappa shape index (κ2) is 2.92. The maximum Gasteiger partial charge on any atom is 0.157 e.